The maximum atomic E-state index is 12.7. The maximum absolute atomic E-state index is 12.7. The number of aryl methyl sites for hydroxylation is 1. The highest BCUT2D eigenvalue weighted by atomic mass is 32.2. The second-order valence-electron chi connectivity index (χ2n) is 7.64. The van der Waals surface area contributed by atoms with Crippen molar-refractivity contribution in [1.29, 1.82) is 0 Å². The van der Waals surface area contributed by atoms with Crippen LogP contribution in [0.3, 0.4) is 0 Å². The molecule has 16 heteroatoms. The molecule has 1 aromatic heterocycles. The summed E-state index contributed by atoms with van der Waals surface area (Å²) in [5.41, 5.74) is -1.71. The summed E-state index contributed by atoms with van der Waals surface area (Å²) in [6, 6.07) is 6.61. The first-order chi connectivity index (χ1) is 16.9. The number of benzene rings is 2. The third kappa shape index (κ3) is 6.08. The molecule has 3 N–H and O–H groups in total. The minimum absolute atomic E-state index is 0.107. The van der Waals surface area contributed by atoms with Crippen molar-refractivity contribution in [3.8, 4) is 0 Å². The first-order valence-electron chi connectivity index (χ1n) is 10.4. The van der Waals surface area contributed by atoms with Crippen LogP contribution in [-0.4, -0.2) is 40.4 Å². The second-order valence-corrected chi connectivity index (χ2v) is 10.4. The van der Waals surface area contributed by atoms with Crippen LogP contribution in [0.1, 0.15) is 36.1 Å². The number of hydrogen-bond acceptors (Lipinski definition) is 11. The predicted molar refractivity (Wildman–Crippen MR) is 133 cm³/mol. The van der Waals surface area contributed by atoms with Gasteiger partial charge in [0.2, 0.25) is 5.13 Å². The number of nitro benzene ring substituents is 2. The highest BCUT2D eigenvalue weighted by molar-refractivity contribution is 7.93. The van der Waals surface area contributed by atoms with Crippen LogP contribution < -0.4 is 15.4 Å². The lowest BCUT2D eigenvalue weighted by Gasteiger charge is -2.12. The number of nitro groups is 2. The van der Waals surface area contributed by atoms with E-state index in [1.165, 1.54) is 24.3 Å². The first kappa shape index (κ1) is 26.4. The molecule has 3 rings (SSSR count). The Morgan fingerprint density at radius 1 is 1.06 bits per heavy atom. The fraction of sp³-hybridized carbons (Fsp3) is 0.250. The van der Waals surface area contributed by atoms with Gasteiger partial charge in [-0.05, 0) is 44.5 Å². The smallest absolute Gasteiger partial charge is 0.300 e. The number of anilines is 3. The molecule has 14 nitrogen and oxygen atoms in total. The van der Waals surface area contributed by atoms with Crippen LogP contribution in [0.5, 0.6) is 0 Å². The van der Waals surface area contributed by atoms with Crippen LogP contribution in [-0.2, 0) is 16.4 Å². The van der Waals surface area contributed by atoms with E-state index in [-0.39, 0.29) is 33.0 Å². The summed E-state index contributed by atoms with van der Waals surface area (Å²) < 4.78 is 27.5. The Balaban J connectivity index is 1.84. The average molecular weight is 536 g/mol. The van der Waals surface area contributed by atoms with Crippen molar-refractivity contribution in [2.45, 2.75) is 38.1 Å². The highest BCUT2D eigenvalue weighted by Crippen LogP contribution is 2.36. The minimum atomic E-state index is -3.96. The number of aromatic nitrogens is 2. The van der Waals surface area contributed by atoms with Crippen LogP contribution in [0.4, 0.5) is 27.9 Å². The van der Waals surface area contributed by atoms with Crippen LogP contribution in [0.25, 0.3) is 0 Å². The van der Waals surface area contributed by atoms with E-state index >= 15 is 0 Å². The van der Waals surface area contributed by atoms with E-state index in [2.05, 4.69) is 25.6 Å². The zero-order chi connectivity index (χ0) is 26.6. The third-order valence-electron chi connectivity index (χ3n) is 4.60. The number of carbonyl (C=O) groups is 1. The molecule has 0 aliphatic heterocycles. The number of sulfonamides is 1. The van der Waals surface area contributed by atoms with Gasteiger partial charge >= 0.3 is 0 Å². The van der Waals surface area contributed by atoms with Gasteiger partial charge in [0.05, 0.1) is 20.3 Å². The first-order valence-corrected chi connectivity index (χ1v) is 12.7. The molecule has 2 aromatic carbocycles. The molecule has 0 saturated heterocycles. The summed E-state index contributed by atoms with van der Waals surface area (Å²) in [5, 5.41) is 36.6. The predicted octanol–water partition coefficient (Wildman–Crippen LogP) is 3.79. The molecule has 0 saturated carbocycles. The van der Waals surface area contributed by atoms with E-state index in [1.54, 1.807) is 13.8 Å². The van der Waals surface area contributed by atoms with Gasteiger partial charge < -0.3 is 10.6 Å². The summed E-state index contributed by atoms with van der Waals surface area (Å²) in [4.78, 5) is 34.1. The minimum Gasteiger partial charge on any atom is -0.372 e. The molecular formula is C20H21N7O7S2. The highest BCUT2D eigenvalue weighted by Gasteiger charge is 2.29. The number of nitrogens with one attached hydrogen (secondary N) is 3. The monoisotopic (exact) mass is 535 g/mol. The molecule has 1 heterocycles. The van der Waals surface area contributed by atoms with Crippen molar-refractivity contribution in [1.82, 2.24) is 10.2 Å². The molecule has 0 radical (unpaired) electrons. The molecule has 0 aliphatic carbocycles. The Labute approximate surface area is 209 Å². The van der Waals surface area contributed by atoms with Gasteiger partial charge in [0, 0.05) is 23.9 Å². The van der Waals surface area contributed by atoms with Gasteiger partial charge in [0.25, 0.3) is 27.3 Å². The molecule has 0 bridgehead atoms. The van der Waals surface area contributed by atoms with E-state index in [4.69, 9.17) is 0 Å². The fourth-order valence-corrected chi connectivity index (χ4v) is 4.91. The average Bonchev–Trinajstić information content (AvgIpc) is 3.25. The number of nitrogens with zero attached hydrogens (tertiary/aromatic N) is 4. The van der Waals surface area contributed by atoms with Crippen molar-refractivity contribution >= 4 is 55.1 Å². The van der Waals surface area contributed by atoms with Crippen molar-refractivity contribution in [3.05, 3.63) is 67.2 Å². The summed E-state index contributed by atoms with van der Waals surface area (Å²) in [7, 11) is -3.96. The summed E-state index contributed by atoms with van der Waals surface area (Å²) in [5.74, 6) is -0.855. The normalized spacial score (nSPS) is 11.2. The Bertz CT molecular complexity index is 1390. The van der Waals surface area contributed by atoms with E-state index in [0.717, 1.165) is 23.5 Å². The van der Waals surface area contributed by atoms with Gasteiger partial charge in [-0.2, -0.15) is 0 Å². The number of rotatable bonds is 10. The van der Waals surface area contributed by atoms with E-state index in [9.17, 15) is 33.4 Å². The summed E-state index contributed by atoms with van der Waals surface area (Å²) in [6.45, 7) is 5.17. The van der Waals surface area contributed by atoms with Crippen molar-refractivity contribution in [3.63, 3.8) is 0 Å². The summed E-state index contributed by atoms with van der Waals surface area (Å²) in [6.07, 6.45) is 0.608. The van der Waals surface area contributed by atoms with Crippen molar-refractivity contribution in [2.24, 2.45) is 0 Å². The Morgan fingerprint density at radius 3 is 2.11 bits per heavy atom. The molecular weight excluding hydrogens is 514 g/mol. The number of amides is 1. The largest absolute Gasteiger partial charge is 0.372 e. The van der Waals surface area contributed by atoms with E-state index in [1.807, 2.05) is 6.92 Å². The molecule has 0 aliphatic rings. The lowest BCUT2D eigenvalue weighted by Crippen LogP contribution is -2.16. The Kier molecular flexibility index (Phi) is 7.79. The zero-order valence-corrected chi connectivity index (χ0v) is 20.8. The van der Waals surface area contributed by atoms with Crippen molar-refractivity contribution in [2.75, 3.05) is 15.4 Å². The van der Waals surface area contributed by atoms with Gasteiger partial charge in [0.15, 0.2) is 5.69 Å². The van der Waals surface area contributed by atoms with Gasteiger partial charge in [-0.1, -0.05) is 18.3 Å². The van der Waals surface area contributed by atoms with Crippen LogP contribution >= 0.6 is 11.3 Å². The molecule has 0 spiro atoms. The van der Waals surface area contributed by atoms with E-state index < -0.39 is 37.2 Å². The van der Waals surface area contributed by atoms with Gasteiger partial charge in [-0.15, -0.1) is 10.2 Å². The standard InChI is InChI=1S/C20H21N7O7S2/c1-4-17-23-24-20(35-17)25-36(33,34)14-7-5-13(6-8-14)22-19(28)12-9-15(26(29)30)18(21-11(2)3)16(10-12)27(31)32/h5-11,21H,4H2,1-3H3,(H,22,28)(H,24,25). The second kappa shape index (κ2) is 10.6. The Hall–Kier alpha value is -4.18. The zero-order valence-electron chi connectivity index (χ0n) is 19.2. The SMILES string of the molecule is CCc1nnc(NS(=O)(=O)c2ccc(NC(=O)c3cc([N+](=O)[O-])c(NC(C)C)c([N+](=O)[O-])c3)cc2)s1. The quantitative estimate of drug-likeness (QED) is 0.253. The number of carbonyl (C=O) groups excluding carboxylic acids is 1. The van der Waals surface area contributed by atoms with Gasteiger partial charge in [-0.3, -0.25) is 29.7 Å². The fourth-order valence-electron chi connectivity index (χ4n) is 3.00. The Morgan fingerprint density at radius 2 is 1.64 bits per heavy atom. The lowest BCUT2D eigenvalue weighted by molar-refractivity contribution is -0.392. The van der Waals surface area contributed by atoms with Crippen LogP contribution in [0.15, 0.2) is 41.3 Å². The molecule has 0 unspecified atom stereocenters. The topological polar surface area (TPSA) is 199 Å². The van der Waals surface area contributed by atoms with Crippen molar-refractivity contribution < 1.29 is 23.1 Å². The third-order valence-corrected chi connectivity index (χ3v) is 7.07. The number of hydrogen-bond donors (Lipinski definition) is 3. The van der Waals surface area contributed by atoms with E-state index in [0.29, 0.717) is 11.4 Å². The van der Waals surface area contributed by atoms with Crippen LogP contribution in [0.2, 0.25) is 0 Å². The van der Waals surface area contributed by atoms with Gasteiger partial charge in [0.1, 0.15) is 5.01 Å². The molecule has 1 amide bonds. The molecule has 190 valence electrons. The maximum Gasteiger partial charge on any atom is 0.300 e. The molecule has 3 aromatic rings. The molecule has 36 heavy (non-hydrogen) atoms. The van der Waals surface area contributed by atoms with Crippen LogP contribution in [0, 0.1) is 20.2 Å². The van der Waals surface area contributed by atoms with Gasteiger partial charge in [-0.25, -0.2) is 8.42 Å². The summed E-state index contributed by atoms with van der Waals surface area (Å²) >= 11 is 1.10. The molecule has 0 fully saturated rings. The lowest BCUT2D eigenvalue weighted by atomic mass is 10.1. The molecule has 0 atom stereocenters.